The quantitative estimate of drug-likeness (QED) is 0.588. The molecule has 0 amide bonds. The van der Waals surface area contributed by atoms with Crippen LogP contribution in [0.15, 0.2) is 0 Å². The second-order valence-corrected chi connectivity index (χ2v) is 4.91. The maximum absolute atomic E-state index is 9.21. The molecule has 1 unspecified atom stereocenters. The summed E-state index contributed by atoms with van der Waals surface area (Å²) >= 11 is 3.45. The van der Waals surface area contributed by atoms with Crippen LogP contribution in [-0.2, 0) is 0 Å². The fourth-order valence-corrected chi connectivity index (χ4v) is 2.54. The predicted molar refractivity (Wildman–Crippen MR) is 63.9 cm³/mol. The van der Waals surface area contributed by atoms with Gasteiger partial charge in [0, 0.05) is 11.4 Å². The first kappa shape index (κ1) is 12.5. The molecule has 3 heteroatoms. The summed E-state index contributed by atoms with van der Waals surface area (Å²) in [5.74, 6) is 0. The normalized spacial score (nSPS) is 24.0. The molecule has 0 saturated carbocycles. The first-order chi connectivity index (χ1) is 6.88. The molecule has 1 aliphatic heterocycles. The zero-order valence-corrected chi connectivity index (χ0v) is 10.5. The molecule has 0 aromatic rings. The fourth-order valence-electron chi connectivity index (χ4n) is 2.15. The molecule has 0 spiro atoms. The lowest BCUT2D eigenvalue weighted by Crippen LogP contribution is -2.42. The van der Waals surface area contributed by atoms with Gasteiger partial charge in [0.15, 0.2) is 0 Å². The van der Waals surface area contributed by atoms with Gasteiger partial charge in [0.25, 0.3) is 0 Å². The van der Waals surface area contributed by atoms with E-state index < -0.39 is 0 Å². The maximum Gasteiger partial charge on any atom is 0.0586 e. The van der Waals surface area contributed by atoms with Gasteiger partial charge in [-0.3, -0.25) is 4.90 Å². The molecule has 1 fully saturated rings. The Labute approximate surface area is 95.8 Å². The van der Waals surface area contributed by atoms with E-state index in [1.54, 1.807) is 0 Å². The highest BCUT2D eigenvalue weighted by Gasteiger charge is 2.20. The Kier molecular flexibility index (Phi) is 6.82. The standard InChI is InChI=1S/C11H22BrNO/c12-7-3-1-4-8-13-9-5-2-6-11(13)10-14/h11,14H,1-10H2. The van der Waals surface area contributed by atoms with E-state index in [-0.39, 0.29) is 0 Å². The lowest BCUT2D eigenvalue weighted by atomic mass is 10.0. The lowest BCUT2D eigenvalue weighted by molar-refractivity contribution is 0.0887. The third-order valence-electron chi connectivity index (χ3n) is 3.04. The second-order valence-electron chi connectivity index (χ2n) is 4.12. The second kappa shape index (κ2) is 7.66. The summed E-state index contributed by atoms with van der Waals surface area (Å²) in [7, 11) is 0. The topological polar surface area (TPSA) is 23.5 Å². The number of aliphatic hydroxyl groups excluding tert-OH is 1. The molecule has 0 aromatic heterocycles. The van der Waals surface area contributed by atoms with Gasteiger partial charge in [0.1, 0.15) is 0 Å². The van der Waals surface area contributed by atoms with Crippen molar-refractivity contribution < 1.29 is 5.11 Å². The summed E-state index contributed by atoms with van der Waals surface area (Å²) in [5, 5.41) is 10.3. The van der Waals surface area contributed by atoms with Crippen LogP contribution in [0, 0.1) is 0 Å². The molecule has 0 aliphatic carbocycles. The number of unbranched alkanes of at least 4 members (excludes halogenated alkanes) is 2. The molecule has 0 aromatic carbocycles. The van der Waals surface area contributed by atoms with E-state index in [4.69, 9.17) is 0 Å². The molecule has 1 heterocycles. The first-order valence-corrected chi connectivity index (χ1v) is 6.91. The maximum atomic E-state index is 9.21. The van der Waals surface area contributed by atoms with Crippen LogP contribution in [0.2, 0.25) is 0 Å². The Balaban J connectivity index is 2.13. The Hall–Kier alpha value is 0.400. The van der Waals surface area contributed by atoms with Crippen molar-refractivity contribution in [2.75, 3.05) is 25.0 Å². The SMILES string of the molecule is OCC1CCCCN1CCCCCBr. The van der Waals surface area contributed by atoms with Crippen molar-refractivity contribution >= 4 is 15.9 Å². The highest BCUT2D eigenvalue weighted by molar-refractivity contribution is 9.09. The molecular formula is C11H22BrNO. The number of aliphatic hydroxyl groups is 1. The Morgan fingerprint density at radius 1 is 1.21 bits per heavy atom. The van der Waals surface area contributed by atoms with Crippen LogP contribution in [0.3, 0.4) is 0 Å². The van der Waals surface area contributed by atoms with E-state index in [0.29, 0.717) is 12.6 Å². The van der Waals surface area contributed by atoms with Crippen molar-refractivity contribution in [1.82, 2.24) is 4.90 Å². The van der Waals surface area contributed by atoms with Crippen LogP contribution in [-0.4, -0.2) is 41.1 Å². The highest BCUT2D eigenvalue weighted by Crippen LogP contribution is 2.17. The summed E-state index contributed by atoms with van der Waals surface area (Å²) in [6, 6.07) is 0.452. The van der Waals surface area contributed by atoms with E-state index in [1.165, 1.54) is 51.6 Å². The van der Waals surface area contributed by atoms with Gasteiger partial charge in [0.05, 0.1) is 6.61 Å². The molecule has 2 nitrogen and oxygen atoms in total. The predicted octanol–water partition coefficient (Wildman–Crippen LogP) is 2.40. The molecule has 0 radical (unpaired) electrons. The molecule has 0 bridgehead atoms. The van der Waals surface area contributed by atoms with Crippen molar-refractivity contribution in [3.8, 4) is 0 Å². The number of hydrogen-bond acceptors (Lipinski definition) is 2. The average molecular weight is 264 g/mol. The minimum Gasteiger partial charge on any atom is -0.395 e. The van der Waals surface area contributed by atoms with Crippen LogP contribution in [0.4, 0.5) is 0 Å². The minimum atomic E-state index is 0.346. The number of rotatable bonds is 6. The smallest absolute Gasteiger partial charge is 0.0586 e. The van der Waals surface area contributed by atoms with Gasteiger partial charge in [-0.2, -0.15) is 0 Å². The van der Waals surface area contributed by atoms with Crippen molar-refractivity contribution in [2.24, 2.45) is 0 Å². The molecule has 1 saturated heterocycles. The molecule has 84 valence electrons. The van der Waals surface area contributed by atoms with Crippen LogP contribution in [0.25, 0.3) is 0 Å². The molecule has 1 N–H and O–H groups in total. The number of alkyl halides is 1. The van der Waals surface area contributed by atoms with Crippen molar-refractivity contribution in [2.45, 2.75) is 44.6 Å². The Morgan fingerprint density at radius 3 is 2.79 bits per heavy atom. The number of likely N-dealkylation sites (tertiary alicyclic amines) is 1. The highest BCUT2D eigenvalue weighted by atomic mass is 79.9. The number of hydrogen-bond donors (Lipinski definition) is 1. The van der Waals surface area contributed by atoms with Gasteiger partial charge in [-0.05, 0) is 38.8 Å². The Bertz CT molecular complexity index is 143. The summed E-state index contributed by atoms with van der Waals surface area (Å²) in [4.78, 5) is 2.47. The summed E-state index contributed by atoms with van der Waals surface area (Å²) < 4.78 is 0. The zero-order chi connectivity index (χ0) is 10.2. The summed E-state index contributed by atoms with van der Waals surface area (Å²) in [6.07, 6.45) is 7.66. The van der Waals surface area contributed by atoms with E-state index in [1.807, 2.05) is 0 Å². The van der Waals surface area contributed by atoms with Crippen LogP contribution in [0.5, 0.6) is 0 Å². The van der Waals surface area contributed by atoms with Gasteiger partial charge in [-0.1, -0.05) is 28.8 Å². The van der Waals surface area contributed by atoms with Crippen molar-refractivity contribution in [3.63, 3.8) is 0 Å². The van der Waals surface area contributed by atoms with Crippen LogP contribution in [0.1, 0.15) is 38.5 Å². The summed E-state index contributed by atoms with van der Waals surface area (Å²) in [5.41, 5.74) is 0. The van der Waals surface area contributed by atoms with E-state index in [2.05, 4.69) is 20.8 Å². The summed E-state index contributed by atoms with van der Waals surface area (Å²) in [6.45, 7) is 2.72. The fraction of sp³-hybridized carbons (Fsp3) is 1.00. The lowest BCUT2D eigenvalue weighted by Gasteiger charge is -2.34. The van der Waals surface area contributed by atoms with E-state index in [0.717, 1.165) is 5.33 Å². The number of piperidine rings is 1. The van der Waals surface area contributed by atoms with Crippen LogP contribution >= 0.6 is 15.9 Å². The molecule has 14 heavy (non-hydrogen) atoms. The van der Waals surface area contributed by atoms with Crippen molar-refractivity contribution in [3.05, 3.63) is 0 Å². The zero-order valence-electron chi connectivity index (χ0n) is 8.92. The Morgan fingerprint density at radius 2 is 2.07 bits per heavy atom. The van der Waals surface area contributed by atoms with Crippen LogP contribution < -0.4 is 0 Å². The molecular weight excluding hydrogens is 242 g/mol. The molecule has 1 atom stereocenters. The first-order valence-electron chi connectivity index (χ1n) is 5.79. The van der Waals surface area contributed by atoms with Gasteiger partial charge < -0.3 is 5.11 Å². The van der Waals surface area contributed by atoms with E-state index in [9.17, 15) is 5.11 Å². The van der Waals surface area contributed by atoms with Gasteiger partial charge in [0.2, 0.25) is 0 Å². The third-order valence-corrected chi connectivity index (χ3v) is 3.60. The monoisotopic (exact) mass is 263 g/mol. The van der Waals surface area contributed by atoms with Gasteiger partial charge >= 0.3 is 0 Å². The number of nitrogens with zero attached hydrogens (tertiary/aromatic N) is 1. The number of halogens is 1. The van der Waals surface area contributed by atoms with Gasteiger partial charge in [-0.15, -0.1) is 0 Å². The van der Waals surface area contributed by atoms with E-state index >= 15 is 0 Å². The average Bonchev–Trinajstić information content (AvgIpc) is 2.25. The minimum absolute atomic E-state index is 0.346. The molecule has 1 rings (SSSR count). The van der Waals surface area contributed by atoms with Gasteiger partial charge in [-0.25, -0.2) is 0 Å². The van der Waals surface area contributed by atoms with Crippen molar-refractivity contribution in [1.29, 1.82) is 0 Å². The third kappa shape index (κ3) is 4.28. The largest absolute Gasteiger partial charge is 0.395 e. The molecule has 1 aliphatic rings.